The van der Waals surface area contributed by atoms with Crippen LogP contribution in [0.4, 0.5) is 16.2 Å². The Morgan fingerprint density at radius 2 is 1.73 bits per heavy atom. The molecule has 0 atom stereocenters. The molecule has 26 heavy (non-hydrogen) atoms. The normalized spacial score (nSPS) is 14.3. The Morgan fingerprint density at radius 3 is 2.35 bits per heavy atom. The molecule has 3 rings (SSSR count). The molecular weight excluding hydrogens is 350 g/mol. The molecule has 0 unspecified atom stereocenters. The summed E-state index contributed by atoms with van der Waals surface area (Å²) in [6.45, 7) is 7.22. The van der Waals surface area contributed by atoms with Gasteiger partial charge in [0.2, 0.25) is 0 Å². The molecule has 138 valence electrons. The molecule has 0 radical (unpaired) electrons. The number of ether oxygens (including phenoxy) is 1. The van der Waals surface area contributed by atoms with Crippen molar-refractivity contribution >= 4 is 29.0 Å². The van der Waals surface area contributed by atoms with Crippen molar-refractivity contribution in [3.8, 4) is 5.75 Å². The molecular formula is C20H24ClN3O2. The number of anilines is 2. The van der Waals surface area contributed by atoms with Gasteiger partial charge < -0.3 is 19.9 Å². The summed E-state index contributed by atoms with van der Waals surface area (Å²) in [5.74, 6) is 0.594. The predicted molar refractivity (Wildman–Crippen MR) is 107 cm³/mol. The summed E-state index contributed by atoms with van der Waals surface area (Å²) in [4.78, 5) is 16.8. The van der Waals surface area contributed by atoms with Gasteiger partial charge in [0.1, 0.15) is 5.75 Å². The van der Waals surface area contributed by atoms with Gasteiger partial charge in [0.05, 0.1) is 12.8 Å². The fraction of sp³-hybridized carbons (Fsp3) is 0.350. The first-order valence-corrected chi connectivity index (χ1v) is 9.08. The van der Waals surface area contributed by atoms with E-state index in [-0.39, 0.29) is 6.03 Å². The number of methoxy groups -OCH3 is 1. The van der Waals surface area contributed by atoms with Crippen molar-refractivity contribution in [2.45, 2.75) is 13.8 Å². The van der Waals surface area contributed by atoms with Gasteiger partial charge in [-0.25, -0.2) is 4.79 Å². The van der Waals surface area contributed by atoms with Crippen molar-refractivity contribution in [2.75, 3.05) is 43.5 Å². The van der Waals surface area contributed by atoms with Gasteiger partial charge in [-0.1, -0.05) is 29.8 Å². The van der Waals surface area contributed by atoms with Crippen LogP contribution in [0.25, 0.3) is 0 Å². The molecule has 1 saturated heterocycles. The lowest BCUT2D eigenvalue weighted by molar-refractivity contribution is 0.208. The number of carbonyl (C=O) groups is 1. The molecule has 1 N–H and O–H groups in total. The minimum Gasteiger partial charge on any atom is -0.495 e. The zero-order valence-electron chi connectivity index (χ0n) is 15.4. The maximum absolute atomic E-state index is 12.6. The van der Waals surface area contributed by atoms with E-state index in [4.69, 9.17) is 16.3 Å². The quantitative estimate of drug-likeness (QED) is 0.871. The second-order valence-electron chi connectivity index (χ2n) is 6.49. The number of nitrogens with one attached hydrogen (secondary N) is 1. The number of rotatable bonds is 3. The largest absolute Gasteiger partial charge is 0.495 e. The molecule has 6 heteroatoms. The Kier molecular flexibility index (Phi) is 5.57. The molecule has 1 fully saturated rings. The number of carbonyl (C=O) groups excluding carboxylic acids is 1. The molecule has 2 amide bonds. The molecule has 0 bridgehead atoms. The van der Waals surface area contributed by atoms with Gasteiger partial charge in [-0.15, -0.1) is 0 Å². The molecule has 5 nitrogen and oxygen atoms in total. The summed E-state index contributed by atoms with van der Waals surface area (Å²) in [5, 5.41) is 3.46. The first kappa shape index (κ1) is 18.4. The highest BCUT2D eigenvalue weighted by molar-refractivity contribution is 6.31. The minimum atomic E-state index is -0.133. The average molecular weight is 374 g/mol. The number of amides is 2. The number of aryl methyl sites for hydroxylation is 2. The Bertz CT molecular complexity index is 781. The van der Waals surface area contributed by atoms with Gasteiger partial charge in [0, 0.05) is 36.9 Å². The van der Waals surface area contributed by atoms with Crippen LogP contribution in [-0.4, -0.2) is 44.2 Å². The Morgan fingerprint density at radius 1 is 1.08 bits per heavy atom. The van der Waals surface area contributed by atoms with Gasteiger partial charge >= 0.3 is 6.03 Å². The van der Waals surface area contributed by atoms with Crippen LogP contribution in [0.15, 0.2) is 36.4 Å². The van der Waals surface area contributed by atoms with E-state index in [1.54, 1.807) is 25.3 Å². The molecule has 0 aromatic heterocycles. The standard InChI is InChI=1S/C20H24ClN3O2/c1-14-5-4-6-15(2)19(14)23-9-11-24(12-10-23)20(25)22-17-13-16(21)7-8-18(17)26-3/h4-8,13H,9-12H2,1-3H3,(H,22,25). The van der Waals surface area contributed by atoms with Crippen molar-refractivity contribution in [1.29, 1.82) is 0 Å². The summed E-state index contributed by atoms with van der Waals surface area (Å²) < 4.78 is 5.29. The van der Waals surface area contributed by atoms with E-state index in [1.165, 1.54) is 16.8 Å². The van der Waals surface area contributed by atoms with Crippen LogP contribution in [0, 0.1) is 13.8 Å². The van der Waals surface area contributed by atoms with E-state index in [1.807, 2.05) is 4.90 Å². The molecule has 0 aliphatic carbocycles. The number of halogens is 1. The van der Waals surface area contributed by atoms with Gasteiger partial charge in [0.15, 0.2) is 0 Å². The van der Waals surface area contributed by atoms with Crippen molar-refractivity contribution < 1.29 is 9.53 Å². The number of hydrogen-bond donors (Lipinski definition) is 1. The van der Waals surface area contributed by atoms with Crippen LogP contribution in [0.1, 0.15) is 11.1 Å². The van der Waals surface area contributed by atoms with Crippen molar-refractivity contribution in [1.82, 2.24) is 4.90 Å². The number of nitrogens with zero attached hydrogens (tertiary/aromatic N) is 2. The molecule has 2 aromatic carbocycles. The van der Waals surface area contributed by atoms with E-state index in [0.29, 0.717) is 29.5 Å². The molecule has 1 aliphatic heterocycles. The highest BCUT2D eigenvalue weighted by Gasteiger charge is 2.23. The third kappa shape index (κ3) is 3.88. The van der Waals surface area contributed by atoms with E-state index in [0.717, 1.165) is 13.1 Å². The summed E-state index contributed by atoms with van der Waals surface area (Å²) >= 11 is 6.03. The van der Waals surface area contributed by atoms with Gasteiger partial charge in [0.25, 0.3) is 0 Å². The van der Waals surface area contributed by atoms with Crippen LogP contribution in [0.5, 0.6) is 5.75 Å². The molecule has 1 aliphatic rings. The Hall–Kier alpha value is -2.40. The molecule has 1 heterocycles. The fourth-order valence-electron chi connectivity index (χ4n) is 3.41. The number of piperazine rings is 1. The van der Waals surface area contributed by atoms with E-state index in [9.17, 15) is 4.79 Å². The second kappa shape index (κ2) is 7.87. The van der Waals surface area contributed by atoms with Gasteiger partial charge in [-0.2, -0.15) is 0 Å². The number of para-hydroxylation sites is 1. The number of hydrogen-bond acceptors (Lipinski definition) is 3. The summed E-state index contributed by atoms with van der Waals surface area (Å²) in [6.07, 6.45) is 0. The number of urea groups is 1. The summed E-state index contributed by atoms with van der Waals surface area (Å²) in [5.41, 5.74) is 4.41. The fourth-order valence-corrected chi connectivity index (χ4v) is 3.58. The molecule has 0 spiro atoms. The second-order valence-corrected chi connectivity index (χ2v) is 6.93. The van der Waals surface area contributed by atoms with E-state index >= 15 is 0 Å². The molecule has 2 aromatic rings. The highest BCUT2D eigenvalue weighted by atomic mass is 35.5. The first-order chi connectivity index (χ1) is 12.5. The first-order valence-electron chi connectivity index (χ1n) is 8.70. The third-order valence-corrected chi connectivity index (χ3v) is 4.96. The SMILES string of the molecule is COc1ccc(Cl)cc1NC(=O)N1CCN(c2c(C)cccc2C)CC1. The minimum absolute atomic E-state index is 0.133. The topological polar surface area (TPSA) is 44.8 Å². The summed E-state index contributed by atoms with van der Waals surface area (Å²) in [7, 11) is 1.57. The maximum atomic E-state index is 12.6. The van der Waals surface area contributed by atoms with Crippen LogP contribution in [-0.2, 0) is 0 Å². The Labute approximate surface area is 159 Å². The summed E-state index contributed by atoms with van der Waals surface area (Å²) in [6, 6.07) is 11.4. The average Bonchev–Trinajstić information content (AvgIpc) is 2.62. The zero-order valence-corrected chi connectivity index (χ0v) is 16.1. The lowest BCUT2D eigenvalue weighted by Crippen LogP contribution is -2.50. The maximum Gasteiger partial charge on any atom is 0.322 e. The monoisotopic (exact) mass is 373 g/mol. The van der Waals surface area contributed by atoms with Crippen molar-refractivity contribution in [3.05, 3.63) is 52.5 Å². The highest BCUT2D eigenvalue weighted by Crippen LogP contribution is 2.29. The van der Waals surface area contributed by atoms with Crippen LogP contribution in [0.3, 0.4) is 0 Å². The smallest absolute Gasteiger partial charge is 0.322 e. The third-order valence-electron chi connectivity index (χ3n) is 4.73. The van der Waals surface area contributed by atoms with E-state index < -0.39 is 0 Å². The van der Waals surface area contributed by atoms with E-state index in [2.05, 4.69) is 42.3 Å². The van der Waals surface area contributed by atoms with Crippen molar-refractivity contribution in [3.63, 3.8) is 0 Å². The van der Waals surface area contributed by atoms with Gasteiger partial charge in [-0.05, 0) is 43.2 Å². The lowest BCUT2D eigenvalue weighted by atomic mass is 10.1. The predicted octanol–water partition coefficient (Wildman–Crippen LogP) is 4.32. The lowest BCUT2D eigenvalue weighted by Gasteiger charge is -2.37. The van der Waals surface area contributed by atoms with Gasteiger partial charge in [-0.3, -0.25) is 0 Å². The number of benzene rings is 2. The van der Waals surface area contributed by atoms with Crippen molar-refractivity contribution in [2.24, 2.45) is 0 Å². The van der Waals surface area contributed by atoms with Crippen LogP contribution in [0.2, 0.25) is 5.02 Å². The molecule has 0 saturated carbocycles. The van der Waals surface area contributed by atoms with Crippen LogP contribution < -0.4 is 15.0 Å². The Balaban J connectivity index is 1.65. The van der Waals surface area contributed by atoms with Crippen LogP contribution >= 0.6 is 11.6 Å². The zero-order chi connectivity index (χ0) is 18.7.